The number of aliphatic hydroxyl groups is 1. The number of rotatable bonds is 9. The van der Waals surface area contributed by atoms with Crippen molar-refractivity contribution in [1.82, 2.24) is 0 Å². The van der Waals surface area contributed by atoms with Crippen LogP contribution < -0.4 is 0 Å². The van der Waals surface area contributed by atoms with Gasteiger partial charge in [0.2, 0.25) is 0 Å². The van der Waals surface area contributed by atoms with Gasteiger partial charge >= 0.3 is 5.97 Å². The van der Waals surface area contributed by atoms with Crippen LogP contribution in [-0.2, 0) is 4.79 Å². The Morgan fingerprint density at radius 1 is 1.29 bits per heavy atom. The summed E-state index contributed by atoms with van der Waals surface area (Å²) in [7, 11) is 0. The Bertz CT molecular complexity index is 248. The zero-order valence-corrected chi connectivity index (χ0v) is 11.3. The van der Waals surface area contributed by atoms with E-state index >= 15 is 0 Å². The fraction of sp³-hybridized carbons (Fsp3) is 0.786. The molecule has 0 aliphatic carbocycles. The minimum Gasteiger partial charge on any atom is -0.481 e. The third kappa shape index (κ3) is 6.47. The molecule has 0 aliphatic heterocycles. The van der Waals surface area contributed by atoms with E-state index in [1.165, 1.54) is 12.8 Å². The highest BCUT2D eigenvalue weighted by Gasteiger charge is 2.26. The fourth-order valence-corrected chi connectivity index (χ4v) is 1.92. The largest absolute Gasteiger partial charge is 0.481 e. The lowest BCUT2D eigenvalue weighted by Gasteiger charge is -2.21. The second-order valence-electron chi connectivity index (χ2n) is 5.06. The van der Waals surface area contributed by atoms with E-state index in [1.54, 1.807) is 6.92 Å². The van der Waals surface area contributed by atoms with Crippen molar-refractivity contribution >= 4 is 5.97 Å². The van der Waals surface area contributed by atoms with Crippen molar-refractivity contribution in [3.63, 3.8) is 0 Å². The van der Waals surface area contributed by atoms with Crippen LogP contribution in [0.2, 0.25) is 0 Å². The maximum atomic E-state index is 11.1. The van der Waals surface area contributed by atoms with Crippen molar-refractivity contribution in [2.45, 2.75) is 59.0 Å². The summed E-state index contributed by atoms with van der Waals surface area (Å²) in [6, 6.07) is 0. The Labute approximate surface area is 105 Å². The third-order valence-corrected chi connectivity index (χ3v) is 3.22. The highest BCUT2D eigenvalue weighted by Crippen LogP contribution is 2.22. The molecule has 0 rings (SSSR count). The van der Waals surface area contributed by atoms with Gasteiger partial charge in [0.05, 0.1) is 12.0 Å². The minimum atomic E-state index is -0.928. The maximum Gasteiger partial charge on any atom is 0.309 e. The first-order valence-electron chi connectivity index (χ1n) is 6.46. The van der Waals surface area contributed by atoms with Gasteiger partial charge in [0.15, 0.2) is 0 Å². The minimum absolute atomic E-state index is 0.522. The molecule has 3 atom stereocenters. The summed E-state index contributed by atoms with van der Waals surface area (Å²) in [6.07, 6.45) is 3.93. The Morgan fingerprint density at radius 2 is 1.88 bits per heavy atom. The van der Waals surface area contributed by atoms with Crippen molar-refractivity contribution in [2.75, 3.05) is 0 Å². The molecule has 2 N–H and O–H groups in total. The second-order valence-corrected chi connectivity index (χ2v) is 5.06. The molecule has 0 amide bonds. The normalized spacial score (nSPS) is 16.2. The van der Waals surface area contributed by atoms with Crippen LogP contribution in [0.25, 0.3) is 0 Å². The van der Waals surface area contributed by atoms with E-state index in [0.29, 0.717) is 17.9 Å². The first kappa shape index (κ1) is 16.2. The number of aliphatic carboxylic acids is 1. The van der Waals surface area contributed by atoms with E-state index in [1.807, 2.05) is 0 Å². The predicted octanol–water partition coefficient (Wildman–Crippen LogP) is 3.23. The SMILES string of the molecule is C=C(C)C(O)C(CCC(C)CCCC)C(=O)O. The molecule has 0 aliphatic rings. The van der Waals surface area contributed by atoms with Crippen LogP contribution >= 0.6 is 0 Å². The van der Waals surface area contributed by atoms with Crippen molar-refractivity contribution in [1.29, 1.82) is 0 Å². The molecule has 0 aromatic heterocycles. The Balaban J connectivity index is 4.18. The number of hydrogen-bond donors (Lipinski definition) is 2. The number of carbonyl (C=O) groups is 1. The molecule has 0 saturated carbocycles. The van der Waals surface area contributed by atoms with Crippen molar-refractivity contribution in [3.05, 3.63) is 12.2 Å². The van der Waals surface area contributed by atoms with Gasteiger partial charge in [-0.3, -0.25) is 4.79 Å². The first-order valence-corrected chi connectivity index (χ1v) is 6.46. The van der Waals surface area contributed by atoms with Crippen LogP contribution in [0.1, 0.15) is 52.9 Å². The van der Waals surface area contributed by atoms with Gasteiger partial charge in [-0.05, 0) is 25.7 Å². The molecule has 0 saturated heterocycles. The van der Waals surface area contributed by atoms with Crippen LogP contribution in [-0.4, -0.2) is 22.3 Å². The molecule has 0 fully saturated rings. The fourth-order valence-electron chi connectivity index (χ4n) is 1.92. The zero-order valence-electron chi connectivity index (χ0n) is 11.3. The van der Waals surface area contributed by atoms with Gasteiger partial charge in [-0.15, -0.1) is 0 Å². The molecular weight excluding hydrogens is 216 g/mol. The molecule has 17 heavy (non-hydrogen) atoms. The maximum absolute atomic E-state index is 11.1. The lowest BCUT2D eigenvalue weighted by atomic mass is 9.88. The van der Waals surface area contributed by atoms with Crippen LogP contribution in [0.5, 0.6) is 0 Å². The van der Waals surface area contributed by atoms with Crippen molar-refractivity contribution in [3.8, 4) is 0 Å². The molecule has 0 aromatic rings. The molecule has 0 radical (unpaired) electrons. The van der Waals surface area contributed by atoms with Gasteiger partial charge in [0, 0.05) is 0 Å². The number of hydrogen-bond acceptors (Lipinski definition) is 2. The van der Waals surface area contributed by atoms with Gasteiger partial charge in [-0.2, -0.15) is 0 Å². The lowest BCUT2D eigenvalue weighted by Crippen LogP contribution is -2.29. The van der Waals surface area contributed by atoms with Crippen LogP contribution in [0, 0.1) is 11.8 Å². The summed E-state index contributed by atoms with van der Waals surface area (Å²) in [5.74, 6) is -1.12. The molecule has 0 bridgehead atoms. The van der Waals surface area contributed by atoms with Crippen molar-refractivity contribution in [2.24, 2.45) is 11.8 Å². The standard InChI is InChI=1S/C14H26O3/c1-5-6-7-11(4)8-9-12(14(16)17)13(15)10(2)3/h11-13,15H,2,5-9H2,1,3-4H3,(H,16,17). The van der Waals surface area contributed by atoms with E-state index in [9.17, 15) is 9.90 Å². The molecular formula is C14H26O3. The van der Waals surface area contributed by atoms with Crippen LogP contribution in [0.3, 0.4) is 0 Å². The summed E-state index contributed by atoms with van der Waals surface area (Å²) in [4.78, 5) is 11.1. The predicted molar refractivity (Wildman–Crippen MR) is 69.9 cm³/mol. The quantitative estimate of drug-likeness (QED) is 0.610. The average Bonchev–Trinajstić information content (AvgIpc) is 2.25. The number of unbranched alkanes of at least 4 members (excludes halogenated alkanes) is 1. The van der Waals surface area contributed by atoms with E-state index in [2.05, 4.69) is 20.4 Å². The smallest absolute Gasteiger partial charge is 0.309 e. The second kappa shape index (κ2) is 8.29. The molecule has 0 heterocycles. The number of aliphatic hydroxyl groups excluding tert-OH is 1. The first-order chi connectivity index (χ1) is 7.90. The van der Waals surface area contributed by atoms with Gasteiger partial charge in [0.25, 0.3) is 0 Å². The summed E-state index contributed by atoms with van der Waals surface area (Å²) < 4.78 is 0. The molecule has 3 nitrogen and oxygen atoms in total. The molecule has 0 spiro atoms. The van der Waals surface area contributed by atoms with Crippen LogP contribution in [0.15, 0.2) is 12.2 Å². The van der Waals surface area contributed by atoms with Gasteiger partial charge in [-0.1, -0.05) is 45.3 Å². The van der Waals surface area contributed by atoms with Crippen molar-refractivity contribution < 1.29 is 15.0 Å². The topological polar surface area (TPSA) is 57.5 Å². The van der Waals surface area contributed by atoms with E-state index in [0.717, 1.165) is 12.8 Å². The molecule has 3 heteroatoms. The Morgan fingerprint density at radius 3 is 2.29 bits per heavy atom. The Kier molecular flexibility index (Phi) is 7.88. The zero-order chi connectivity index (χ0) is 13.4. The van der Waals surface area contributed by atoms with E-state index in [4.69, 9.17) is 5.11 Å². The monoisotopic (exact) mass is 242 g/mol. The lowest BCUT2D eigenvalue weighted by molar-refractivity contribution is -0.145. The summed E-state index contributed by atoms with van der Waals surface area (Å²) in [5.41, 5.74) is 0.526. The molecule has 100 valence electrons. The van der Waals surface area contributed by atoms with E-state index < -0.39 is 18.0 Å². The van der Waals surface area contributed by atoms with Gasteiger partial charge in [0.1, 0.15) is 0 Å². The van der Waals surface area contributed by atoms with Crippen LogP contribution in [0.4, 0.5) is 0 Å². The Hall–Kier alpha value is -0.830. The number of carboxylic acids is 1. The average molecular weight is 242 g/mol. The summed E-state index contributed by atoms with van der Waals surface area (Å²) in [5, 5.41) is 18.8. The highest BCUT2D eigenvalue weighted by atomic mass is 16.4. The molecule has 3 unspecified atom stereocenters. The summed E-state index contributed by atoms with van der Waals surface area (Å²) in [6.45, 7) is 9.58. The van der Waals surface area contributed by atoms with E-state index in [-0.39, 0.29) is 0 Å². The summed E-state index contributed by atoms with van der Waals surface area (Å²) >= 11 is 0. The third-order valence-electron chi connectivity index (χ3n) is 3.22. The van der Waals surface area contributed by atoms with Gasteiger partial charge in [-0.25, -0.2) is 0 Å². The molecule has 0 aromatic carbocycles. The van der Waals surface area contributed by atoms with Gasteiger partial charge < -0.3 is 10.2 Å². The highest BCUT2D eigenvalue weighted by molar-refractivity contribution is 5.71. The number of carboxylic acid groups (broad SMARTS) is 1.